The molecule has 2 aliphatic heterocycles. The molecule has 2 aliphatic rings. The number of halogens is 1. The first-order chi connectivity index (χ1) is 9.24. The molecule has 1 aromatic carbocycles. The fraction of sp³-hybridized carbons (Fsp3) is 0.0769. The van der Waals surface area contributed by atoms with Crippen LogP contribution < -0.4 is 15.5 Å². The number of carbonyl (C=O) groups is 1. The number of rotatable bonds is 1. The van der Waals surface area contributed by atoms with Gasteiger partial charge in [-0.25, -0.2) is 4.99 Å². The standard InChI is InChI=1S/C13H11ClN4O/c14-11-8-18(9-4-2-1-3-5-9)13-10(6-15-11)17-12(19)7-16-13/h1-6,8,16H,7H2,(H,17,19). The highest BCUT2D eigenvalue weighted by Crippen LogP contribution is 2.24. The highest BCUT2D eigenvalue weighted by molar-refractivity contribution is 6.30. The molecule has 0 saturated heterocycles. The maximum absolute atomic E-state index is 11.4. The molecule has 0 spiro atoms. The van der Waals surface area contributed by atoms with Gasteiger partial charge in [0.25, 0.3) is 0 Å². The van der Waals surface area contributed by atoms with E-state index >= 15 is 0 Å². The smallest absolute Gasteiger partial charge is 0.243 e. The van der Waals surface area contributed by atoms with Crippen molar-refractivity contribution in [3.05, 3.63) is 53.2 Å². The Morgan fingerprint density at radius 2 is 2.05 bits per heavy atom. The molecule has 0 radical (unpaired) electrons. The maximum atomic E-state index is 11.4. The molecule has 0 aromatic heterocycles. The number of nitrogens with one attached hydrogen (secondary N) is 2. The van der Waals surface area contributed by atoms with E-state index in [0.29, 0.717) is 10.9 Å². The molecule has 0 fully saturated rings. The number of nitrogens with zero attached hydrogens (tertiary/aromatic N) is 2. The Bertz CT molecular complexity index is 606. The summed E-state index contributed by atoms with van der Waals surface area (Å²) in [4.78, 5) is 17.3. The van der Waals surface area contributed by atoms with Gasteiger partial charge >= 0.3 is 0 Å². The Hall–Kier alpha value is -2.27. The van der Waals surface area contributed by atoms with E-state index in [9.17, 15) is 4.79 Å². The Labute approximate surface area is 115 Å². The number of hydrogen-bond acceptors (Lipinski definition) is 4. The number of carbonyl (C=O) groups excluding carboxylic acids is 1. The molecule has 0 unspecified atom stereocenters. The van der Waals surface area contributed by atoms with Crippen molar-refractivity contribution in [2.75, 3.05) is 11.4 Å². The van der Waals surface area contributed by atoms with Gasteiger partial charge in [0.1, 0.15) is 16.7 Å². The van der Waals surface area contributed by atoms with Crippen molar-refractivity contribution in [3.63, 3.8) is 0 Å². The van der Waals surface area contributed by atoms with Crippen LogP contribution in [0.5, 0.6) is 0 Å². The summed E-state index contributed by atoms with van der Waals surface area (Å²) < 4.78 is 0. The number of para-hydroxylation sites is 1. The van der Waals surface area contributed by atoms with Crippen molar-refractivity contribution in [1.29, 1.82) is 0 Å². The van der Waals surface area contributed by atoms with Gasteiger partial charge in [-0.2, -0.15) is 0 Å². The first-order valence-electron chi connectivity index (χ1n) is 5.78. The average Bonchev–Trinajstić information content (AvgIpc) is 2.59. The molecule has 5 nitrogen and oxygen atoms in total. The van der Waals surface area contributed by atoms with Crippen molar-refractivity contribution in [1.82, 2.24) is 10.6 Å². The summed E-state index contributed by atoms with van der Waals surface area (Å²) >= 11 is 6.02. The summed E-state index contributed by atoms with van der Waals surface area (Å²) in [5, 5.41) is 6.19. The minimum absolute atomic E-state index is 0.101. The highest BCUT2D eigenvalue weighted by Gasteiger charge is 2.23. The minimum atomic E-state index is -0.101. The number of amides is 1. The van der Waals surface area contributed by atoms with E-state index in [2.05, 4.69) is 15.6 Å². The first-order valence-corrected chi connectivity index (χ1v) is 6.15. The normalized spacial score (nSPS) is 18.3. The third-order valence-electron chi connectivity index (χ3n) is 2.77. The number of hydrogen-bond donors (Lipinski definition) is 2. The molecule has 1 aromatic rings. The van der Waals surface area contributed by atoms with Gasteiger partial charge in [0.05, 0.1) is 12.8 Å². The molecule has 96 valence electrons. The van der Waals surface area contributed by atoms with Gasteiger partial charge in [0.2, 0.25) is 5.91 Å². The van der Waals surface area contributed by atoms with Gasteiger partial charge < -0.3 is 10.6 Å². The van der Waals surface area contributed by atoms with Crippen molar-refractivity contribution in [2.24, 2.45) is 4.99 Å². The molecule has 1 amide bonds. The van der Waals surface area contributed by atoms with Crippen LogP contribution in [0.15, 0.2) is 58.2 Å². The lowest BCUT2D eigenvalue weighted by molar-refractivity contribution is -0.119. The fourth-order valence-corrected chi connectivity index (χ4v) is 2.09. The van der Waals surface area contributed by atoms with E-state index in [1.54, 1.807) is 12.4 Å². The van der Waals surface area contributed by atoms with Crippen LogP contribution in [0.3, 0.4) is 0 Å². The van der Waals surface area contributed by atoms with E-state index in [1.807, 2.05) is 35.2 Å². The molecule has 0 aliphatic carbocycles. The van der Waals surface area contributed by atoms with Gasteiger partial charge in [-0.3, -0.25) is 9.69 Å². The van der Waals surface area contributed by atoms with E-state index < -0.39 is 0 Å². The van der Waals surface area contributed by atoms with Gasteiger partial charge in [0.15, 0.2) is 0 Å². The number of aliphatic imine (C=N–C) groups is 1. The largest absolute Gasteiger partial charge is 0.360 e. The Morgan fingerprint density at radius 3 is 2.84 bits per heavy atom. The molecule has 0 bridgehead atoms. The lowest BCUT2D eigenvalue weighted by Gasteiger charge is -2.28. The van der Waals surface area contributed by atoms with Gasteiger partial charge in [-0.05, 0) is 12.1 Å². The monoisotopic (exact) mass is 274 g/mol. The predicted molar refractivity (Wildman–Crippen MR) is 74.5 cm³/mol. The fourth-order valence-electron chi connectivity index (χ4n) is 1.94. The van der Waals surface area contributed by atoms with Crippen LogP contribution in [0, 0.1) is 0 Å². The number of allylic oxidation sites excluding steroid dienone is 1. The summed E-state index contributed by atoms with van der Waals surface area (Å²) in [6.07, 6.45) is 3.25. The van der Waals surface area contributed by atoms with Crippen LogP contribution in [0.4, 0.5) is 5.69 Å². The molecule has 19 heavy (non-hydrogen) atoms. The molecular weight excluding hydrogens is 264 g/mol. The van der Waals surface area contributed by atoms with E-state index in [0.717, 1.165) is 11.5 Å². The zero-order chi connectivity index (χ0) is 13.2. The lowest BCUT2D eigenvalue weighted by atomic mass is 10.2. The van der Waals surface area contributed by atoms with Crippen LogP contribution >= 0.6 is 11.6 Å². The third kappa shape index (κ3) is 2.32. The summed E-state index contributed by atoms with van der Waals surface area (Å²) in [5.41, 5.74) is 1.54. The van der Waals surface area contributed by atoms with E-state index in [-0.39, 0.29) is 12.5 Å². The highest BCUT2D eigenvalue weighted by atomic mass is 35.5. The van der Waals surface area contributed by atoms with Gasteiger partial charge in [-0.1, -0.05) is 29.8 Å². The second kappa shape index (κ2) is 4.78. The van der Waals surface area contributed by atoms with Gasteiger partial charge in [-0.15, -0.1) is 0 Å². The Morgan fingerprint density at radius 1 is 1.26 bits per heavy atom. The van der Waals surface area contributed by atoms with Crippen molar-refractivity contribution in [2.45, 2.75) is 0 Å². The Kier molecular flexibility index (Phi) is 2.97. The average molecular weight is 275 g/mol. The molecule has 0 saturated carbocycles. The van der Waals surface area contributed by atoms with Crippen LogP contribution in [-0.4, -0.2) is 18.7 Å². The van der Waals surface area contributed by atoms with Crippen molar-refractivity contribution < 1.29 is 4.79 Å². The Balaban J connectivity index is 2.08. The molecule has 2 N–H and O–H groups in total. The van der Waals surface area contributed by atoms with Crippen LogP contribution in [0.2, 0.25) is 0 Å². The first kappa shape index (κ1) is 11.8. The summed E-state index contributed by atoms with van der Waals surface area (Å²) in [5.74, 6) is 0.654. The molecular formula is C13H11ClN4O. The van der Waals surface area contributed by atoms with Crippen LogP contribution in [0.25, 0.3) is 0 Å². The van der Waals surface area contributed by atoms with Gasteiger partial charge in [0, 0.05) is 11.9 Å². The van der Waals surface area contributed by atoms with Crippen LogP contribution in [-0.2, 0) is 4.79 Å². The maximum Gasteiger partial charge on any atom is 0.243 e. The second-order valence-corrected chi connectivity index (χ2v) is 4.47. The zero-order valence-electron chi connectivity index (χ0n) is 9.93. The molecule has 3 rings (SSSR count). The minimum Gasteiger partial charge on any atom is -0.360 e. The summed E-state index contributed by atoms with van der Waals surface area (Å²) in [6.45, 7) is 0.224. The summed E-state index contributed by atoms with van der Waals surface area (Å²) in [6, 6.07) is 9.72. The SMILES string of the molecule is O=C1CNC2=C(C=NC(Cl)=CN2c2ccccc2)N1. The zero-order valence-corrected chi connectivity index (χ0v) is 10.7. The molecule has 6 heteroatoms. The second-order valence-electron chi connectivity index (χ2n) is 4.08. The van der Waals surface area contributed by atoms with Crippen molar-refractivity contribution >= 4 is 29.4 Å². The number of anilines is 1. The quantitative estimate of drug-likeness (QED) is 0.763. The van der Waals surface area contributed by atoms with E-state index in [1.165, 1.54) is 0 Å². The van der Waals surface area contributed by atoms with Crippen molar-refractivity contribution in [3.8, 4) is 0 Å². The third-order valence-corrected chi connectivity index (χ3v) is 2.97. The van der Waals surface area contributed by atoms with Crippen LogP contribution in [0.1, 0.15) is 0 Å². The van der Waals surface area contributed by atoms with E-state index in [4.69, 9.17) is 11.6 Å². The lowest BCUT2D eigenvalue weighted by Crippen LogP contribution is -2.45. The molecule has 0 atom stereocenters. The predicted octanol–water partition coefficient (Wildman–Crippen LogP) is 1.50. The summed E-state index contributed by atoms with van der Waals surface area (Å²) in [7, 11) is 0. The number of benzene rings is 1. The molecule has 2 heterocycles. The topological polar surface area (TPSA) is 56.7 Å².